The molecule has 0 bridgehead atoms. The van der Waals surface area contributed by atoms with E-state index in [0.29, 0.717) is 0 Å². The fourth-order valence-electron chi connectivity index (χ4n) is 0.851. The fraction of sp³-hybridized carbons (Fsp3) is 0.333. The van der Waals surface area contributed by atoms with Gasteiger partial charge in [0.1, 0.15) is 11.6 Å². The van der Waals surface area contributed by atoms with E-state index in [1.54, 1.807) is 0 Å². The van der Waals surface area contributed by atoms with Gasteiger partial charge in [0, 0.05) is 0 Å². The topological polar surface area (TPSA) is 115 Å². The third-order valence-electron chi connectivity index (χ3n) is 1.37. The minimum Gasteiger partial charge on any atom is -0.481 e. The Morgan fingerprint density at radius 1 is 1.73 bits per heavy atom. The zero-order chi connectivity index (χ0) is 11.4. The van der Waals surface area contributed by atoms with Gasteiger partial charge in [-0.3, -0.25) is 9.00 Å². The SMILES string of the molecule is O=C(O)CS(=O)Cn1ccc([N+](=O)[O-])n1. The highest BCUT2D eigenvalue weighted by molar-refractivity contribution is 7.84. The molecule has 0 saturated carbocycles. The van der Waals surface area contributed by atoms with E-state index in [2.05, 4.69) is 5.10 Å². The Hall–Kier alpha value is -1.77. The lowest BCUT2D eigenvalue weighted by atomic mass is 10.7. The zero-order valence-corrected chi connectivity index (χ0v) is 8.22. The van der Waals surface area contributed by atoms with Crippen molar-refractivity contribution >= 4 is 22.6 Å². The normalized spacial score (nSPS) is 12.3. The second-order valence-electron chi connectivity index (χ2n) is 2.58. The van der Waals surface area contributed by atoms with Gasteiger partial charge in [0.05, 0.1) is 28.2 Å². The highest BCUT2D eigenvalue weighted by Gasteiger charge is 2.13. The molecule has 0 saturated heterocycles. The van der Waals surface area contributed by atoms with Gasteiger partial charge in [0.15, 0.2) is 0 Å². The molecule has 82 valence electrons. The first-order valence-electron chi connectivity index (χ1n) is 3.73. The van der Waals surface area contributed by atoms with Gasteiger partial charge in [-0.05, 0) is 4.92 Å². The smallest absolute Gasteiger partial charge is 0.389 e. The molecule has 1 N–H and O–H groups in total. The number of rotatable bonds is 5. The van der Waals surface area contributed by atoms with Crippen LogP contribution in [-0.2, 0) is 21.5 Å². The van der Waals surface area contributed by atoms with Crippen LogP contribution in [0.3, 0.4) is 0 Å². The number of carboxylic acid groups (broad SMARTS) is 1. The summed E-state index contributed by atoms with van der Waals surface area (Å²) in [6.45, 7) is 0. The Morgan fingerprint density at radius 2 is 2.40 bits per heavy atom. The third kappa shape index (κ3) is 3.46. The van der Waals surface area contributed by atoms with Gasteiger partial charge in [-0.1, -0.05) is 0 Å². The minimum atomic E-state index is -1.62. The summed E-state index contributed by atoms with van der Waals surface area (Å²) < 4.78 is 12.2. The lowest BCUT2D eigenvalue weighted by Gasteiger charge is -1.94. The number of carboxylic acids is 1. The lowest BCUT2D eigenvalue weighted by Crippen LogP contribution is -2.14. The Balaban J connectivity index is 2.61. The molecule has 1 atom stereocenters. The summed E-state index contributed by atoms with van der Waals surface area (Å²) in [5.41, 5.74) is 0. The van der Waals surface area contributed by atoms with E-state index < -0.39 is 27.4 Å². The maximum Gasteiger partial charge on any atom is 0.389 e. The summed E-state index contributed by atoms with van der Waals surface area (Å²) in [7, 11) is -1.62. The molecule has 9 heteroatoms. The second kappa shape index (κ2) is 4.64. The largest absolute Gasteiger partial charge is 0.481 e. The zero-order valence-electron chi connectivity index (χ0n) is 7.40. The van der Waals surface area contributed by atoms with Gasteiger partial charge in [0.25, 0.3) is 0 Å². The number of nitrogens with zero attached hydrogens (tertiary/aromatic N) is 3. The Bertz CT molecular complexity index is 415. The molecule has 1 heterocycles. The van der Waals surface area contributed by atoms with Crippen molar-refractivity contribution in [3.05, 3.63) is 22.4 Å². The van der Waals surface area contributed by atoms with Crippen molar-refractivity contribution in [1.82, 2.24) is 9.78 Å². The van der Waals surface area contributed by atoms with Crippen molar-refractivity contribution in [2.45, 2.75) is 5.88 Å². The highest BCUT2D eigenvalue weighted by Crippen LogP contribution is 2.05. The fourth-order valence-corrected chi connectivity index (χ4v) is 1.66. The van der Waals surface area contributed by atoms with Gasteiger partial charge in [-0.2, -0.15) is 4.68 Å². The molecule has 0 fully saturated rings. The van der Waals surface area contributed by atoms with Crippen molar-refractivity contribution in [2.24, 2.45) is 0 Å². The molecule has 1 rings (SSSR count). The van der Waals surface area contributed by atoms with E-state index in [1.165, 1.54) is 6.20 Å². The molecule has 0 aliphatic carbocycles. The first-order valence-corrected chi connectivity index (χ1v) is 5.22. The molecule has 0 amide bonds. The number of aliphatic carboxylic acids is 1. The Morgan fingerprint density at radius 3 is 2.87 bits per heavy atom. The van der Waals surface area contributed by atoms with Crippen LogP contribution in [-0.4, -0.2) is 35.7 Å². The summed E-state index contributed by atoms with van der Waals surface area (Å²) in [5, 5.41) is 22.1. The number of carbonyl (C=O) groups is 1. The predicted molar refractivity (Wildman–Crippen MR) is 49.5 cm³/mol. The van der Waals surface area contributed by atoms with Gasteiger partial charge in [0.2, 0.25) is 0 Å². The Labute approximate surface area is 86.1 Å². The van der Waals surface area contributed by atoms with Crippen molar-refractivity contribution in [1.29, 1.82) is 0 Å². The van der Waals surface area contributed by atoms with Crippen LogP contribution in [0.4, 0.5) is 5.82 Å². The predicted octanol–water partition coefficient (Wildman–Crippen LogP) is -0.418. The van der Waals surface area contributed by atoms with E-state index in [0.717, 1.165) is 10.7 Å². The molecule has 1 aromatic heterocycles. The number of nitro groups is 1. The van der Waals surface area contributed by atoms with E-state index in [-0.39, 0.29) is 11.7 Å². The number of aromatic nitrogens is 2. The van der Waals surface area contributed by atoms with Crippen LogP contribution in [0.15, 0.2) is 12.3 Å². The molecule has 0 aliphatic heterocycles. The maximum atomic E-state index is 11.1. The first kappa shape index (κ1) is 11.3. The quantitative estimate of drug-likeness (QED) is 0.545. The highest BCUT2D eigenvalue weighted by atomic mass is 32.2. The van der Waals surface area contributed by atoms with Crippen LogP contribution in [0.1, 0.15) is 0 Å². The Kier molecular flexibility index (Phi) is 3.50. The van der Waals surface area contributed by atoms with E-state index in [4.69, 9.17) is 5.11 Å². The second-order valence-corrected chi connectivity index (χ2v) is 4.00. The maximum absolute atomic E-state index is 11.1. The summed E-state index contributed by atoms with van der Waals surface area (Å²) in [6, 6.07) is 1.15. The van der Waals surface area contributed by atoms with E-state index >= 15 is 0 Å². The van der Waals surface area contributed by atoms with E-state index in [1.807, 2.05) is 0 Å². The molecule has 0 aromatic carbocycles. The minimum absolute atomic E-state index is 0.167. The molecule has 15 heavy (non-hydrogen) atoms. The van der Waals surface area contributed by atoms with Crippen molar-refractivity contribution in [2.75, 3.05) is 5.75 Å². The van der Waals surface area contributed by atoms with E-state index in [9.17, 15) is 19.1 Å². The summed E-state index contributed by atoms with van der Waals surface area (Å²) in [4.78, 5) is 19.7. The standard InChI is InChI=1S/C6H7N3O5S/c10-6(11)3-15(14)4-8-2-1-5(7-8)9(12)13/h1-2H,3-4H2,(H,10,11). The third-order valence-corrected chi connectivity index (χ3v) is 2.50. The van der Waals surface area contributed by atoms with Crippen LogP contribution in [0.25, 0.3) is 0 Å². The lowest BCUT2D eigenvalue weighted by molar-refractivity contribution is -0.389. The van der Waals surface area contributed by atoms with Crippen molar-refractivity contribution < 1.29 is 19.0 Å². The summed E-state index contributed by atoms with van der Waals surface area (Å²) in [5.74, 6) is -2.22. The molecular weight excluding hydrogens is 226 g/mol. The average molecular weight is 233 g/mol. The molecular formula is C6H7N3O5S. The summed E-state index contributed by atoms with van der Waals surface area (Å²) in [6.07, 6.45) is 1.28. The van der Waals surface area contributed by atoms with Gasteiger partial charge in [-0.25, -0.2) is 0 Å². The van der Waals surface area contributed by atoms with Crippen LogP contribution in [0.5, 0.6) is 0 Å². The van der Waals surface area contributed by atoms with Crippen LogP contribution >= 0.6 is 0 Å². The molecule has 1 aromatic rings. The number of hydrogen-bond donors (Lipinski definition) is 1. The first-order chi connectivity index (χ1) is 6.99. The van der Waals surface area contributed by atoms with Crippen molar-refractivity contribution in [3.63, 3.8) is 0 Å². The molecule has 0 radical (unpaired) electrons. The van der Waals surface area contributed by atoms with Crippen LogP contribution in [0.2, 0.25) is 0 Å². The molecule has 0 aliphatic rings. The van der Waals surface area contributed by atoms with Crippen LogP contribution in [0, 0.1) is 10.1 Å². The van der Waals surface area contributed by atoms with Gasteiger partial charge >= 0.3 is 11.8 Å². The summed E-state index contributed by atoms with van der Waals surface area (Å²) >= 11 is 0. The monoisotopic (exact) mass is 233 g/mol. The molecule has 1 unspecified atom stereocenters. The van der Waals surface area contributed by atoms with Gasteiger partial charge in [-0.15, -0.1) is 0 Å². The molecule has 8 nitrogen and oxygen atoms in total. The number of hydrogen-bond acceptors (Lipinski definition) is 5. The van der Waals surface area contributed by atoms with Crippen LogP contribution < -0.4 is 0 Å². The molecule has 0 spiro atoms. The average Bonchev–Trinajstić information content (AvgIpc) is 2.50. The van der Waals surface area contributed by atoms with Crippen molar-refractivity contribution in [3.8, 4) is 0 Å². The van der Waals surface area contributed by atoms with Gasteiger partial charge < -0.3 is 15.2 Å².